The van der Waals surface area contributed by atoms with E-state index in [2.05, 4.69) is 30.8 Å². The molecule has 6 rings (SSSR count). The molecule has 2 saturated heterocycles. The van der Waals surface area contributed by atoms with Crippen molar-refractivity contribution in [2.45, 2.75) is 32.4 Å². The Morgan fingerprint density at radius 1 is 1.15 bits per heavy atom. The molecule has 1 atom stereocenters. The third-order valence-corrected chi connectivity index (χ3v) is 7.09. The number of aromatic amines is 1. The van der Waals surface area contributed by atoms with Gasteiger partial charge in [0.25, 0.3) is 0 Å². The quantitative estimate of drug-likeness (QED) is 0.407. The van der Waals surface area contributed by atoms with E-state index < -0.39 is 0 Å². The third kappa shape index (κ3) is 3.53. The molecule has 0 saturated carbocycles. The molecule has 0 aliphatic carbocycles. The lowest BCUT2D eigenvalue weighted by atomic mass is 10.1. The van der Waals surface area contributed by atoms with Gasteiger partial charge in [-0.15, -0.1) is 0 Å². The number of rotatable bonds is 3. The molecule has 11 heteroatoms. The normalized spacial score (nSPS) is 19.4. The molecule has 4 aromatic rings. The maximum absolute atomic E-state index is 12.5. The van der Waals surface area contributed by atoms with E-state index in [0.29, 0.717) is 32.0 Å². The second kappa shape index (κ2) is 8.47. The van der Waals surface area contributed by atoms with Crippen LogP contribution in [0.3, 0.4) is 0 Å². The number of aryl methyl sites for hydroxylation is 2. The van der Waals surface area contributed by atoms with Crippen LogP contribution < -0.4 is 10.6 Å². The zero-order valence-electron chi connectivity index (χ0n) is 19.2. The molecule has 0 spiro atoms. The fourth-order valence-corrected chi connectivity index (χ4v) is 5.45. The first kappa shape index (κ1) is 21.8. The molecule has 1 unspecified atom stereocenters. The molecule has 10 nitrogen and oxygen atoms in total. The zero-order chi connectivity index (χ0) is 23.4. The second-order valence-electron chi connectivity index (χ2n) is 8.85. The van der Waals surface area contributed by atoms with Crippen LogP contribution in [0.5, 0.6) is 0 Å². The number of hydrogen-bond donors (Lipinski definition) is 1. The molecular formula is C23H26BrN7O3. The molecule has 4 aromatic heterocycles. The van der Waals surface area contributed by atoms with Gasteiger partial charge < -0.3 is 19.4 Å². The number of pyridine rings is 2. The van der Waals surface area contributed by atoms with E-state index in [0.717, 1.165) is 69.6 Å². The summed E-state index contributed by atoms with van der Waals surface area (Å²) in [6.45, 7) is 5.38. The Bertz CT molecular complexity index is 1440. The fourth-order valence-electron chi connectivity index (χ4n) is 4.95. The van der Waals surface area contributed by atoms with Crippen molar-refractivity contribution < 1.29 is 9.47 Å². The van der Waals surface area contributed by atoms with E-state index in [1.54, 1.807) is 11.6 Å². The predicted molar refractivity (Wildman–Crippen MR) is 132 cm³/mol. The Balaban J connectivity index is 1.61. The van der Waals surface area contributed by atoms with Gasteiger partial charge in [0.1, 0.15) is 15.8 Å². The Hall–Kier alpha value is -2.76. The summed E-state index contributed by atoms with van der Waals surface area (Å²) in [5.41, 5.74) is 4.64. The standard InChI is InChI=1S/C23H26BrN7O3/c1-13-21-14(11-17(24)25-13)19(28-31(21)18-5-3-4-8-34-18)15-12-16-20(27-23(32)29(16)2)22(26-15)30-6-9-33-10-7-30/h11-12,18H,3-10H2,1-2H3,(H,27,32). The molecule has 178 valence electrons. The Labute approximate surface area is 204 Å². The first-order chi connectivity index (χ1) is 16.5. The van der Waals surface area contributed by atoms with Crippen LogP contribution in [-0.2, 0) is 16.5 Å². The van der Waals surface area contributed by atoms with E-state index in [9.17, 15) is 4.79 Å². The molecule has 1 N–H and O–H groups in total. The van der Waals surface area contributed by atoms with Crippen LogP contribution in [0.15, 0.2) is 21.5 Å². The first-order valence-corrected chi connectivity index (χ1v) is 12.4. The van der Waals surface area contributed by atoms with Gasteiger partial charge in [-0.25, -0.2) is 19.4 Å². The number of H-pyrrole nitrogens is 1. The maximum Gasteiger partial charge on any atom is 0.326 e. The van der Waals surface area contributed by atoms with E-state index in [4.69, 9.17) is 19.6 Å². The summed E-state index contributed by atoms with van der Waals surface area (Å²) >= 11 is 3.55. The van der Waals surface area contributed by atoms with Crippen molar-refractivity contribution in [2.75, 3.05) is 37.8 Å². The van der Waals surface area contributed by atoms with Crippen molar-refractivity contribution in [3.63, 3.8) is 0 Å². The Morgan fingerprint density at radius 3 is 2.74 bits per heavy atom. The highest BCUT2D eigenvalue weighted by molar-refractivity contribution is 9.10. The highest BCUT2D eigenvalue weighted by Crippen LogP contribution is 2.36. The highest BCUT2D eigenvalue weighted by atomic mass is 79.9. The molecule has 0 aromatic carbocycles. The van der Waals surface area contributed by atoms with Gasteiger partial charge >= 0.3 is 5.69 Å². The van der Waals surface area contributed by atoms with Crippen molar-refractivity contribution in [1.82, 2.24) is 29.3 Å². The fraction of sp³-hybridized carbons (Fsp3) is 0.478. The van der Waals surface area contributed by atoms with Crippen LogP contribution in [-0.4, -0.2) is 62.2 Å². The lowest BCUT2D eigenvalue weighted by molar-refractivity contribution is -0.0366. The number of anilines is 1. The second-order valence-corrected chi connectivity index (χ2v) is 9.67. The highest BCUT2D eigenvalue weighted by Gasteiger charge is 2.26. The van der Waals surface area contributed by atoms with Crippen LogP contribution in [0.1, 0.15) is 31.2 Å². The van der Waals surface area contributed by atoms with Crippen LogP contribution in [0.2, 0.25) is 0 Å². The van der Waals surface area contributed by atoms with Crippen LogP contribution in [0, 0.1) is 6.92 Å². The number of nitrogens with zero attached hydrogens (tertiary/aromatic N) is 6. The van der Waals surface area contributed by atoms with E-state index >= 15 is 0 Å². The summed E-state index contributed by atoms with van der Waals surface area (Å²) in [6, 6.07) is 3.93. The number of morpholine rings is 1. The summed E-state index contributed by atoms with van der Waals surface area (Å²) in [6.07, 6.45) is 2.93. The topological polar surface area (TPSA) is 103 Å². The number of fused-ring (bicyclic) bond motifs is 2. The average molecular weight is 528 g/mol. The van der Waals surface area contributed by atoms with Crippen molar-refractivity contribution in [3.05, 3.63) is 32.9 Å². The smallest absolute Gasteiger partial charge is 0.326 e. The van der Waals surface area contributed by atoms with Gasteiger partial charge in [0.2, 0.25) is 0 Å². The summed E-state index contributed by atoms with van der Waals surface area (Å²) in [4.78, 5) is 27.3. The lowest BCUT2D eigenvalue weighted by Gasteiger charge is -2.28. The van der Waals surface area contributed by atoms with Gasteiger partial charge in [-0.2, -0.15) is 5.10 Å². The van der Waals surface area contributed by atoms with E-state index in [1.165, 1.54) is 0 Å². The number of aromatic nitrogens is 6. The van der Waals surface area contributed by atoms with Crippen molar-refractivity contribution in [3.8, 4) is 11.4 Å². The van der Waals surface area contributed by atoms with Gasteiger partial charge in [0.15, 0.2) is 12.0 Å². The van der Waals surface area contributed by atoms with Crippen LogP contribution in [0.4, 0.5) is 5.82 Å². The molecule has 0 bridgehead atoms. The average Bonchev–Trinajstić information content (AvgIpc) is 3.37. The molecule has 0 amide bonds. The lowest BCUT2D eigenvalue weighted by Crippen LogP contribution is -2.37. The Kier molecular flexibility index (Phi) is 5.42. The van der Waals surface area contributed by atoms with Gasteiger partial charge in [-0.3, -0.25) is 4.57 Å². The summed E-state index contributed by atoms with van der Waals surface area (Å²) in [7, 11) is 1.77. The third-order valence-electron chi connectivity index (χ3n) is 6.69. The molecule has 0 radical (unpaired) electrons. The summed E-state index contributed by atoms with van der Waals surface area (Å²) in [5.74, 6) is 0.745. The molecular weight excluding hydrogens is 502 g/mol. The number of imidazole rings is 1. The Morgan fingerprint density at radius 2 is 1.97 bits per heavy atom. The molecule has 2 aliphatic heterocycles. The molecule has 2 aliphatic rings. The van der Waals surface area contributed by atoms with Gasteiger partial charge in [-0.1, -0.05) is 0 Å². The van der Waals surface area contributed by atoms with E-state index in [1.807, 2.05) is 23.7 Å². The minimum atomic E-state index is -0.169. The van der Waals surface area contributed by atoms with Crippen molar-refractivity contribution in [2.24, 2.45) is 7.05 Å². The van der Waals surface area contributed by atoms with Crippen LogP contribution in [0.25, 0.3) is 33.3 Å². The number of hydrogen-bond acceptors (Lipinski definition) is 7. The molecule has 34 heavy (non-hydrogen) atoms. The van der Waals surface area contributed by atoms with Crippen molar-refractivity contribution >= 4 is 43.7 Å². The molecule has 6 heterocycles. The summed E-state index contributed by atoms with van der Waals surface area (Å²) in [5, 5.41) is 5.99. The van der Waals surface area contributed by atoms with Gasteiger partial charge in [0.05, 0.1) is 35.6 Å². The van der Waals surface area contributed by atoms with Gasteiger partial charge in [-0.05, 0) is 54.2 Å². The minimum absolute atomic E-state index is 0.134. The number of halogens is 1. The maximum atomic E-state index is 12.5. The van der Waals surface area contributed by atoms with Crippen LogP contribution >= 0.6 is 15.9 Å². The monoisotopic (exact) mass is 527 g/mol. The SMILES string of the molecule is Cc1nc(Br)cc2c(-c3cc4c([nH]c(=O)n4C)c(N4CCOCC4)n3)nn(C3CCCCO3)c12. The number of ether oxygens (including phenoxy) is 2. The minimum Gasteiger partial charge on any atom is -0.378 e. The number of nitrogens with one attached hydrogen (secondary N) is 1. The first-order valence-electron chi connectivity index (χ1n) is 11.6. The largest absolute Gasteiger partial charge is 0.378 e. The predicted octanol–water partition coefficient (Wildman–Crippen LogP) is 3.28. The van der Waals surface area contributed by atoms with Crippen molar-refractivity contribution in [1.29, 1.82) is 0 Å². The summed E-state index contributed by atoms with van der Waals surface area (Å²) < 4.78 is 16.0. The zero-order valence-corrected chi connectivity index (χ0v) is 20.8. The van der Waals surface area contributed by atoms with Gasteiger partial charge in [0, 0.05) is 32.1 Å². The molecule has 2 fully saturated rings. The van der Waals surface area contributed by atoms with E-state index in [-0.39, 0.29) is 11.9 Å².